The van der Waals surface area contributed by atoms with E-state index >= 15 is 0 Å². The van der Waals surface area contributed by atoms with Crippen LogP contribution in [0.25, 0.3) is 6.08 Å². The van der Waals surface area contributed by atoms with Crippen LogP contribution in [0.5, 0.6) is 0 Å². The zero-order valence-corrected chi connectivity index (χ0v) is 17.9. The molecule has 0 radical (unpaired) electrons. The maximum absolute atomic E-state index is 12.6. The van der Waals surface area contributed by atoms with E-state index in [4.69, 9.17) is 4.74 Å². The van der Waals surface area contributed by atoms with E-state index in [9.17, 15) is 21.6 Å². The standard InChI is InChI=1S/C20H22N2O6S2/c1-29(24,25)19-5-3-2-4-18(19)21-20(23)11-8-16-6-9-17(10-7-16)30(26,27)22-12-14-28-15-13-22/h2-11H,12-15H2,1H3,(H,21,23)/b11-8+. The van der Waals surface area contributed by atoms with Gasteiger partial charge in [-0.25, -0.2) is 16.8 Å². The van der Waals surface area contributed by atoms with Gasteiger partial charge in [-0.3, -0.25) is 4.79 Å². The van der Waals surface area contributed by atoms with Gasteiger partial charge >= 0.3 is 0 Å². The third-order valence-corrected chi connectivity index (χ3v) is 7.53. The number of nitrogens with one attached hydrogen (secondary N) is 1. The second kappa shape index (κ2) is 9.09. The molecule has 0 aliphatic carbocycles. The van der Waals surface area contributed by atoms with Crippen LogP contribution >= 0.6 is 0 Å². The molecule has 30 heavy (non-hydrogen) atoms. The first-order chi connectivity index (χ1) is 14.2. The molecule has 1 saturated heterocycles. The lowest BCUT2D eigenvalue weighted by molar-refractivity contribution is -0.111. The van der Waals surface area contributed by atoms with Crippen molar-refractivity contribution in [2.24, 2.45) is 0 Å². The van der Waals surface area contributed by atoms with E-state index < -0.39 is 25.8 Å². The van der Waals surface area contributed by atoms with Gasteiger partial charge in [0.1, 0.15) is 0 Å². The first-order valence-electron chi connectivity index (χ1n) is 9.14. The van der Waals surface area contributed by atoms with Gasteiger partial charge in [0.2, 0.25) is 15.9 Å². The Bertz CT molecular complexity index is 1150. The number of carbonyl (C=O) groups is 1. The van der Waals surface area contributed by atoms with Crippen LogP contribution in [0.2, 0.25) is 0 Å². The predicted octanol–water partition coefficient (Wildman–Crippen LogP) is 1.76. The van der Waals surface area contributed by atoms with Crippen LogP contribution in [0, 0.1) is 0 Å². The van der Waals surface area contributed by atoms with Gasteiger partial charge in [0, 0.05) is 25.4 Å². The van der Waals surface area contributed by atoms with Crippen molar-refractivity contribution in [2.45, 2.75) is 9.79 Å². The van der Waals surface area contributed by atoms with Crippen LogP contribution in [-0.4, -0.2) is 59.6 Å². The van der Waals surface area contributed by atoms with Crippen molar-refractivity contribution in [1.82, 2.24) is 4.31 Å². The number of sulfonamides is 1. The molecule has 1 aliphatic rings. The molecule has 1 fully saturated rings. The minimum absolute atomic E-state index is 0.0319. The predicted molar refractivity (Wildman–Crippen MR) is 113 cm³/mol. The Hall–Kier alpha value is -2.53. The molecular weight excluding hydrogens is 428 g/mol. The maximum Gasteiger partial charge on any atom is 0.248 e. The summed E-state index contributed by atoms with van der Waals surface area (Å²) < 4.78 is 55.4. The summed E-state index contributed by atoms with van der Waals surface area (Å²) in [7, 11) is -7.06. The van der Waals surface area contributed by atoms with E-state index in [1.54, 1.807) is 24.3 Å². The average molecular weight is 451 g/mol. The van der Waals surface area contributed by atoms with E-state index in [-0.39, 0.29) is 15.5 Å². The van der Waals surface area contributed by atoms with Gasteiger partial charge in [0.15, 0.2) is 9.84 Å². The average Bonchev–Trinajstić information content (AvgIpc) is 2.73. The molecule has 0 spiro atoms. The van der Waals surface area contributed by atoms with Crippen molar-refractivity contribution in [3.63, 3.8) is 0 Å². The first-order valence-corrected chi connectivity index (χ1v) is 12.5. The monoisotopic (exact) mass is 450 g/mol. The molecule has 0 aromatic heterocycles. The highest BCUT2D eigenvalue weighted by molar-refractivity contribution is 7.91. The molecule has 0 atom stereocenters. The number of amides is 1. The van der Waals surface area contributed by atoms with Gasteiger partial charge in [-0.1, -0.05) is 24.3 Å². The third kappa shape index (κ3) is 5.33. The zero-order chi connectivity index (χ0) is 21.8. The molecule has 160 valence electrons. The number of rotatable bonds is 6. The Labute approximate surface area is 176 Å². The SMILES string of the molecule is CS(=O)(=O)c1ccccc1NC(=O)/C=C/c1ccc(S(=O)(=O)N2CCOCC2)cc1. The number of carbonyl (C=O) groups excluding carboxylic acids is 1. The molecule has 10 heteroatoms. The number of hydrogen-bond acceptors (Lipinski definition) is 6. The van der Waals surface area contributed by atoms with Gasteiger partial charge in [0.25, 0.3) is 0 Å². The lowest BCUT2D eigenvalue weighted by Gasteiger charge is -2.26. The van der Waals surface area contributed by atoms with Gasteiger partial charge in [-0.05, 0) is 35.9 Å². The summed E-state index contributed by atoms with van der Waals surface area (Å²) in [6.07, 6.45) is 3.84. The summed E-state index contributed by atoms with van der Waals surface area (Å²) in [5.41, 5.74) is 0.823. The van der Waals surface area contributed by atoms with Crippen molar-refractivity contribution < 1.29 is 26.4 Å². The molecule has 2 aromatic carbocycles. The fourth-order valence-electron chi connectivity index (χ4n) is 2.93. The molecule has 1 aliphatic heterocycles. The summed E-state index contributed by atoms with van der Waals surface area (Å²) >= 11 is 0. The number of morpholine rings is 1. The second-order valence-electron chi connectivity index (χ2n) is 6.68. The molecule has 0 bridgehead atoms. The van der Waals surface area contributed by atoms with E-state index in [0.717, 1.165) is 6.26 Å². The minimum Gasteiger partial charge on any atom is -0.379 e. The van der Waals surface area contributed by atoms with E-state index in [1.165, 1.54) is 40.7 Å². The maximum atomic E-state index is 12.6. The number of benzene rings is 2. The van der Waals surface area contributed by atoms with Crippen molar-refractivity contribution in [3.8, 4) is 0 Å². The highest BCUT2D eigenvalue weighted by atomic mass is 32.2. The summed E-state index contributed by atoms with van der Waals surface area (Å²) in [4.78, 5) is 12.4. The van der Waals surface area contributed by atoms with Crippen LogP contribution in [0.3, 0.4) is 0 Å². The molecule has 3 rings (SSSR count). The van der Waals surface area contributed by atoms with Crippen LogP contribution in [-0.2, 0) is 29.4 Å². The number of sulfone groups is 1. The normalized spacial score (nSPS) is 15.9. The third-order valence-electron chi connectivity index (χ3n) is 4.46. The fraction of sp³-hybridized carbons (Fsp3) is 0.250. The molecule has 0 unspecified atom stereocenters. The van der Waals surface area contributed by atoms with E-state index in [2.05, 4.69) is 5.32 Å². The molecule has 1 amide bonds. The summed E-state index contributed by atoms with van der Waals surface area (Å²) in [5, 5.41) is 2.55. The second-order valence-corrected chi connectivity index (χ2v) is 10.6. The van der Waals surface area contributed by atoms with Gasteiger partial charge < -0.3 is 10.1 Å². The number of ether oxygens (including phenoxy) is 1. The summed E-state index contributed by atoms with van der Waals surface area (Å²) in [6.45, 7) is 1.38. The smallest absolute Gasteiger partial charge is 0.248 e. The van der Waals surface area contributed by atoms with Crippen LogP contribution in [0.1, 0.15) is 5.56 Å². The topological polar surface area (TPSA) is 110 Å². The molecule has 1 heterocycles. The molecular formula is C20H22N2O6S2. The number of anilines is 1. The summed E-state index contributed by atoms with van der Waals surface area (Å²) in [5.74, 6) is -0.504. The molecule has 8 nitrogen and oxygen atoms in total. The minimum atomic E-state index is -3.58. The van der Waals surface area contributed by atoms with Crippen molar-refractivity contribution >= 4 is 37.5 Å². The molecule has 2 aromatic rings. The highest BCUT2D eigenvalue weighted by Crippen LogP contribution is 2.21. The lowest BCUT2D eigenvalue weighted by Crippen LogP contribution is -2.40. The largest absolute Gasteiger partial charge is 0.379 e. The number of nitrogens with zero attached hydrogens (tertiary/aromatic N) is 1. The number of para-hydroxylation sites is 1. The fourth-order valence-corrected chi connectivity index (χ4v) is 5.18. The Balaban J connectivity index is 1.69. The van der Waals surface area contributed by atoms with Crippen molar-refractivity contribution in [3.05, 3.63) is 60.2 Å². The van der Waals surface area contributed by atoms with Gasteiger partial charge in [-0.15, -0.1) is 0 Å². The highest BCUT2D eigenvalue weighted by Gasteiger charge is 2.25. The van der Waals surface area contributed by atoms with Crippen LogP contribution in [0.15, 0.2) is 64.4 Å². The quantitative estimate of drug-likeness (QED) is 0.672. The molecule has 1 N–H and O–H groups in total. The first kappa shape index (κ1) is 22.2. The molecule has 0 saturated carbocycles. The Kier molecular flexibility index (Phi) is 6.71. The summed E-state index contributed by atoms with van der Waals surface area (Å²) in [6, 6.07) is 12.3. The van der Waals surface area contributed by atoms with Crippen molar-refractivity contribution in [2.75, 3.05) is 37.9 Å². The Morgan fingerprint density at radius 3 is 2.27 bits per heavy atom. The Morgan fingerprint density at radius 1 is 1.00 bits per heavy atom. The van der Waals surface area contributed by atoms with Crippen LogP contribution in [0.4, 0.5) is 5.69 Å². The zero-order valence-electron chi connectivity index (χ0n) is 16.3. The van der Waals surface area contributed by atoms with Gasteiger partial charge in [-0.2, -0.15) is 4.31 Å². The Morgan fingerprint density at radius 2 is 1.63 bits per heavy atom. The number of hydrogen-bond donors (Lipinski definition) is 1. The van der Waals surface area contributed by atoms with Gasteiger partial charge in [0.05, 0.1) is 28.7 Å². The lowest BCUT2D eigenvalue weighted by atomic mass is 10.2. The van der Waals surface area contributed by atoms with Crippen molar-refractivity contribution in [1.29, 1.82) is 0 Å². The van der Waals surface area contributed by atoms with E-state index in [0.29, 0.717) is 31.9 Å². The van der Waals surface area contributed by atoms with Crippen LogP contribution < -0.4 is 5.32 Å². The van der Waals surface area contributed by atoms with E-state index in [1.807, 2.05) is 0 Å².